The highest BCUT2D eigenvalue weighted by Gasteiger charge is 2.25. The maximum atomic E-state index is 14.7. The summed E-state index contributed by atoms with van der Waals surface area (Å²) in [4.78, 5) is 0. The summed E-state index contributed by atoms with van der Waals surface area (Å²) in [5.74, 6) is -1.11. The molecule has 0 heterocycles. The molecule has 0 atom stereocenters. The van der Waals surface area contributed by atoms with Gasteiger partial charge in [0, 0.05) is 5.56 Å². The molecule has 0 bridgehead atoms. The van der Waals surface area contributed by atoms with Gasteiger partial charge in [0.05, 0.1) is 12.7 Å². The van der Waals surface area contributed by atoms with Crippen LogP contribution in [0.5, 0.6) is 0 Å². The lowest BCUT2D eigenvalue weighted by molar-refractivity contribution is 0.0118. The zero-order valence-corrected chi connectivity index (χ0v) is 17.7. The molecule has 0 N–H and O–H groups in total. The second-order valence-corrected chi connectivity index (χ2v) is 9.07. The van der Waals surface area contributed by atoms with E-state index in [4.69, 9.17) is 4.74 Å². The first-order valence-electron chi connectivity index (χ1n) is 11.4. The SMILES string of the molecule is Cc1ccc(C2CCC(OCc3ccc(C4CCCCC4)c(F)c3F)CC2)cc1F. The van der Waals surface area contributed by atoms with Gasteiger partial charge in [-0.1, -0.05) is 43.5 Å². The van der Waals surface area contributed by atoms with Gasteiger partial charge in [0.1, 0.15) is 5.82 Å². The van der Waals surface area contributed by atoms with Gasteiger partial charge >= 0.3 is 0 Å². The van der Waals surface area contributed by atoms with Crippen LogP contribution in [0, 0.1) is 24.4 Å². The van der Waals surface area contributed by atoms with Crippen molar-refractivity contribution in [2.24, 2.45) is 0 Å². The fourth-order valence-corrected chi connectivity index (χ4v) is 5.08. The van der Waals surface area contributed by atoms with Gasteiger partial charge in [-0.3, -0.25) is 0 Å². The topological polar surface area (TPSA) is 9.23 Å². The van der Waals surface area contributed by atoms with Gasteiger partial charge < -0.3 is 4.74 Å². The molecule has 2 aromatic rings. The number of hydrogen-bond acceptors (Lipinski definition) is 1. The molecule has 0 amide bonds. The zero-order valence-electron chi connectivity index (χ0n) is 17.7. The highest BCUT2D eigenvalue weighted by Crippen LogP contribution is 2.37. The quantitative estimate of drug-likeness (QED) is 0.485. The average molecular weight is 417 g/mol. The molecule has 2 aliphatic carbocycles. The lowest BCUT2D eigenvalue weighted by Crippen LogP contribution is -2.21. The van der Waals surface area contributed by atoms with Gasteiger partial charge in [-0.15, -0.1) is 0 Å². The monoisotopic (exact) mass is 416 g/mol. The van der Waals surface area contributed by atoms with E-state index in [1.54, 1.807) is 25.1 Å². The smallest absolute Gasteiger partial charge is 0.164 e. The van der Waals surface area contributed by atoms with E-state index in [1.807, 2.05) is 12.1 Å². The normalized spacial score (nSPS) is 22.9. The van der Waals surface area contributed by atoms with Crippen molar-refractivity contribution in [2.75, 3.05) is 0 Å². The van der Waals surface area contributed by atoms with Crippen molar-refractivity contribution in [1.29, 1.82) is 0 Å². The molecule has 2 fully saturated rings. The van der Waals surface area contributed by atoms with E-state index in [1.165, 1.54) is 6.42 Å². The minimum Gasteiger partial charge on any atom is -0.373 e. The van der Waals surface area contributed by atoms with Gasteiger partial charge in [0.2, 0.25) is 0 Å². The Kier molecular flexibility index (Phi) is 6.82. The molecule has 0 aromatic heterocycles. The molecule has 0 unspecified atom stereocenters. The summed E-state index contributed by atoms with van der Waals surface area (Å²) in [7, 11) is 0. The predicted molar refractivity (Wildman–Crippen MR) is 113 cm³/mol. The molecule has 2 saturated carbocycles. The van der Waals surface area contributed by atoms with E-state index in [2.05, 4.69) is 0 Å². The second-order valence-electron chi connectivity index (χ2n) is 9.07. The van der Waals surface area contributed by atoms with E-state index in [0.717, 1.165) is 56.9 Å². The van der Waals surface area contributed by atoms with Gasteiger partial charge in [-0.2, -0.15) is 0 Å². The van der Waals surface area contributed by atoms with Crippen LogP contribution < -0.4 is 0 Å². The summed E-state index contributed by atoms with van der Waals surface area (Å²) in [6.07, 6.45) is 8.85. The number of hydrogen-bond donors (Lipinski definition) is 0. The molecule has 4 rings (SSSR count). The third-order valence-corrected chi connectivity index (χ3v) is 7.05. The van der Waals surface area contributed by atoms with E-state index >= 15 is 0 Å². The Bertz CT molecular complexity index is 865. The first-order valence-corrected chi connectivity index (χ1v) is 11.4. The van der Waals surface area contributed by atoms with Crippen LogP contribution in [0.15, 0.2) is 30.3 Å². The van der Waals surface area contributed by atoms with Crippen LogP contribution >= 0.6 is 0 Å². The molecule has 0 radical (unpaired) electrons. The van der Waals surface area contributed by atoms with E-state index in [0.29, 0.717) is 22.6 Å². The fraction of sp³-hybridized carbons (Fsp3) is 0.538. The summed E-state index contributed by atoms with van der Waals surface area (Å²) in [6.45, 7) is 1.87. The molecule has 30 heavy (non-hydrogen) atoms. The maximum Gasteiger partial charge on any atom is 0.164 e. The number of benzene rings is 2. The average Bonchev–Trinajstić information content (AvgIpc) is 2.78. The lowest BCUT2D eigenvalue weighted by Gasteiger charge is -2.29. The summed E-state index contributed by atoms with van der Waals surface area (Å²) in [5.41, 5.74) is 2.54. The molecule has 2 aromatic carbocycles. The fourth-order valence-electron chi connectivity index (χ4n) is 5.08. The third kappa shape index (κ3) is 4.74. The molecule has 0 aliphatic heterocycles. The van der Waals surface area contributed by atoms with Gasteiger partial charge in [0.25, 0.3) is 0 Å². The Morgan fingerprint density at radius 1 is 0.800 bits per heavy atom. The molecular formula is C26H31F3O. The van der Waals surface area contributed by atoms with Gasteiger partial charge in [-0.25, -0.2) is 13.2 Å². The number of aryl methyl sites for hydroxylation is 1. The van der Waals surface area contributed by atoms with Crippen LogP contribution in [0.25, 0.3) is 0 Å². The Balaban J connectivity index is 1.32. The molecule has 0 saturated heterocycles. The highest BCUT2D eigenvalue weighted by molar-refractivity contribution is 5.29. The van der Waals surface area contributed by atoms with E-state index in [-0.39, 0.29) is 24.4 Å². The summed E-state index contributed by atoms with van der Waals surface area (Å²) < 4.78 is 49.1. The first-order chi connectivity index (χ1) is 14.5. The Hall–Kier alpha value is -1.81. The van der Waals surface area contributed by atoms with Crippen molar-refractivity contribution >= 4 is 0 Å². The number of ether oxygens (including phenoxy) is 1. The molecule has 1 nitrogen and oxygen atoms in total. The van der Waals surface area contributed by atoms with Crippen LogP contribution in [0.3, 0.4) is 0 Å². The summed E-state index contributed by atoms with van der Waals surface area (Å²) >= 11 is 0. The second kappa shape index (κ2) is 9.55. The van der Waals surface area contributed by atoms with Crippen LogP contribution in [-0.4, -0.2) is 6.10 Å². The summed E-state index contributed by atoms with van der Waals surface area (Å²) in [5, 5.41) is 0. The number of rotatable bonds is 5. The molecule has 162 valence electrons. The predicted octanol–water partition coefficient (Wildman–Crippen LogP) is 7.70. The van der Waals surface area contributed by atoms with Crippen LogP contribution in [-0.2, 0) is 11.3 Å². The van der Waals surface area contributed by atoms with Crippen LogP contribution in [0.4, 0.5) is 13.2 Å². The Morgan fingerprint density at radius 2 is 1.53 bits per heavy atom. The molecule has 2 aliphatic rings. The molecule has 4 heteroatoms. The molecule has 0 spiro atoms. The first kappa shape index (κ1) is 21.4. The van der Waals surface area contributed by atoms with Crippen molar-refractivity contribution in [3.05, 3.63) is 70.0 Å². The molecular weight excluding hydrogens is 385 g/mol. The Labute approximate surface area is 177 Å². The lowest BCUT2D eigenvalue weighted by atomic mass is 9.82. The van der Waals surface area contributed by atoms with Gasteiger partial charge in [-0.05, 0) is 80.0 Å². The van der Waals surface area contributed by atoms with Crippen molar-refractivity contribution in [3.63, 3.8) is 0 Å². The highest BCUT2D eigenvalue weighted by atomic mass is 19.2. The van der Waals surface area contributed by atoms with Crippen molar-refractivity contribution in [2.45, 2.75) is 89.3 Å². The van der Waals surface area contributed by atoms with Crippen molar-refractivity contribution in [1.82, 2.24) is 0 Å². The van der Waals surface area contributed by atoms with Crippen molar-refractivity contribution < 1.29 is 17.9 Å². The standard InChI is InChI=1S/C26H31F3O/c1-17-7-8-20(15-24(17)27)18-9-12-22(13-10-18)30-16-21-11-14-23(26(29)25(21)28)19-5-3-2-4-6-19/h7-8,11,14-15,18-19,22H,2-6,9-10,12-13,16H2,1H3. The van der Waals surface area contributed by atoms with Gasteiger partial charge in [0.15, 0.2) is 11.6 Å². The largest absolute Gasteiger partial charge is 0.373 e. The van der Waals surface area contributed by atoms with E-state index in [9.17, 15) is 13.2 Å². The van der Waals surface area contributed by atoms with Crippen LogP contribution in [0.1, 0.15) is 91.9 Å². The minimum absolute atomic E-state index is 0.0389. The van der Waals surface area contributed by atoms with Crippen LogP contribution in [0.2, 0.25) is 0 Å². The number of halogens is 3. The minimum atomic E-state index is -0.748. The van der Waals surface area contributed by atoms with Crippen molar-refractivity contribution in [3.8, 4) is 0 Å². The summed E-state index contributed by atoms with van der Waals surface area (Å²) in [6, 6.07) is 8.95. The third-order valence-electron chi connectivity index (χ3n) is 7.05. The Morgan fingerprint density at radius 3 is 2.23 bits per heavy atom. The zero-order chi connectivity index (χ0) is 21.1. The maximum absolute atomic E-state index is 14.7. The van der Waals surface area contributed by atoms with E-state index < -0.39 is 11.6 Å².